The van der Waals surface area contributed by atoms with Crippen molar-refractivity contribution in [1.29, 1.82) is 0 Å². The molecule has 0 aliphatic carbocycles. The lowest BCUT2D eigenvalue weighted by Crippen LogP contribution is -2.35. The molecule has 1 fully saturated rings. The van der Waals surface area contributed by atoms with Gasteiger partial charge < -0.3 is 5.73 Å². The topological polar surface area (TPSA) is 29.3 Å². The molecule has 2 N–H and O–H groups in total. The summed E-state index contributed by atoms with van der Waals surface area (Å²) in [4.78, 5) is 3.10. The standard InChI is InChI=1S/C14H20N2S/c1-11-6-5-9-16(11)10-13(14(15)17)12-7-3-2-4-8-12/h2-4,7-8,11,13H,5-6,9-10H2,1H3,(H2,15,17). The summed E-state index contributed by atoms with van der Waals surface area (Å²) in [5.41, 5.74) is 7.13. The first-order valence-electron chi connectivity index (χ1n) is 6.27. The average molecular weight is 248 g/mol. The van der Waals surface area contributed by atoms with Gasteiger partial charge in [0.05, 0.1) is 4.99 Å². The van der Waals surface area contributed by atoms with Gasteiger partial charge in [0.15, 0.2) is 0 Å². The van der Waals surface area contributed by atoms with Crippen LogP contribution in [0.1, 0.15) is 31.2 Å². The summed E-state index contributed by atoms with van der Waals surface area (Å²) < 4.78 is 0. The Bertz CT molecular complexity index is 377. The maximum absolute atomic E-state index is 5.90. The second-order valence-electron chi connectivity index (χ2n) is 4.85. The van der Waals surface area contributed by atoms with Gasteiger partial charge >= 0.3 is 0 Å². The summed E-state index contributed by atoms with van der Waals surface area (Å²) in [5.74, 6) is 0.187. The van der Waals surface area contributed by atoms with Gasteiger partial charge in [-0.05, 0) is 31.9 Å². The Labute approximate surface area is 109 Å². The van der Waals surface area contributed by atoms with Crippen LogP contribution in [0, 0.1) is 0 Å². The minimum atomic E-state index is 0.187. The predicted octanol–water partition coefficient (Wildman–Crippen LogP) is 2.54. The normalized spacial score (nSPS) is 22.5. The van der Waals surface area contributed by atoms with Crippen molar-refractivity contribution in [3.63, 3.8) is 0 Å². The molecule has 1 saturated heterocycles. The van der Waals surface area contributed by atoms with Gasteiger partial charge in [0.25, 0.3) is 0 Å². The molecule has 0 aromatic heterocycles. The van der Waals surface area contributed by atoms with Crippen LogP contribution in [0.2, 0.25) is 0 Å². The van der Waals surface area contributed by atoms with Gasteiger partial charge in [-0.3, -0.25) is 4.90 Å². The van der Waals surface area contributed by atoms with Crippen LogP contribution < -0.4 is 5.73 Å². The number of benzene rings is 1. The van der Waals surface area contributed by atoms with Crippen molar-refractivity contribution in [2.75, 3.05) is 13.1 Å². The van der Waals surface area contributed by atoms with Crippen molar-refractivity contribution in [1.82, 2.24) is 4.90 Å². The molecule has 3 heteroatoms. The van der Waals surface area contributed by atoms with E-state index in [1.807, 2.05) is 18.2 Å². The predicted molar refractivity (Wildman–Crippen MR) is 76.2 cm³/mol. The van der Waals surface area contributed by atoms with E-state index in [-0.39, 0.29) is 5.92 Å². The van der Waals surface area contributed by atoms with E-state index in [1.165, 1.54) is 24.9 Å². The first-order chi connectivity index (χ1) is 8.18. The SMILES string of the molecule is CC1CCCN1CC(C(N)=S)c1ccccc1. The van der Waals surface area contributed by atoms with E-state index in [4.69, 9.17) is 18.0 Å². The molecule has 1 aromatic carbocycles. The largest absolute Gasteiger partial charge is 0.393 e. The number of nitrogens with zero attached hydrogens (tertiary/aromatic N) is 1. The third-order valence-electron chi connectivity index (χ3n) is 3.65. The van der Waals surface area contributed by atoms with Crippen molar-refractivity contribution in [2.45, 2.75) is 31.7 Å². The van der Waals surface area contributed by atoms with Crippen LogP contribution >= 0.6 is 12.2 Å². The second kappa shape index (κ2) is 5.61. The first-order valence-corrected chi connectivity index (χ1v) is 6.67. The monoisotopic (exact) mass is 248 g/mol. The maximum atomic E-state index is 5.90. The lowest BCUT2D eigenvalue weighted by molar-refractivity contribution is 0.266. The smallest absolute Gasteiger partial charge is 0.0816 e. The van der Waals surface area contributed by atoms with Gasteiger partial charge in [0.1, 0.15) is 0 Å². The Kier molecular flexibility index (Phi) is 4.13. The lowest BCUT2D eigenvalue weighted by atomic mass is 9.98. The maximum Gasteiger partial charge on any atom is 0.0816 e. The number of hydrogen-bond donors (Lipinski definition) is 1. The van der Waals surface area contributed by atoms with Crippen LogP contribution in [-0.2, 0) is 0 Å². The molecule has 2 unspecified atom stereocenters. The summed E-state index contributed by atoms with van der Waals surface area (Å²) in [6.07, 6.45) is 2.58. The van der Waals surface area contributed by atoms with Crippen LogP contribution in [0.3, 0.4) is 0 Å². The second-order valence-corrected chi connectivity index (χ2v) is 5.32. The first kappa shape index (κ1) is 12.5. The molecule has 2 rings (SSSR count). The molecule has 1 aliphatic heterocycles. The van der Waals surface area contributed by atoms with Gasteiger partial charge in [0.2, 0.25) is 0 Å². The highest BCUT2D eigenvalue weighted by Gasteiger charge is 2.25. The summed E-state index contributed by atoms with van der Waals surface area (Å²) in [6.45, 7) is 4.42. The average Bonchev–Trinajstić information content (AvgIpc) is 2.72. The molecular formula is C14H20N2S. The molecule has 0 radical (unpaired) electrons. The molecule has 0 bridgehead atoms. The Hall–Kier alpha value is -0.930. The minimum absolute atomic E-state index is 0.187. The summed E-state index contributed by atoms with van der Waals surface area (Å²) in [6, 6.07) is 11.0. The molecular weight excluding hydrogens is 228 g/mol. The molecule has 1 aliphatic rings. The van der Waals surface area contributed by atoms with Gasteiger partial charge in [-0.1, -0.05) is 42.5 Å². The molecule has 1 heterocycles. The summed E-state index contributed by atoms with van der Waals surface area (Å²) in [7, 11) is 0. The van der Waals surface area contributed by atoms with Crippen LogP contribution in [0.25, 0.3) is 0 Å². The molecule has 17 heavy (non-hydrogen) atoms. The zero-order valence-electron chi connectivity index (χ0n) is 10.3. The van der Waals surface area contributed by atoms with Gasteiger partial charge in [-0.25, -0.2) is 0 Å². The Balaban J connectivity index is 2.11. The Morgan fingerprint density at radius 2 is 2.18 bits per heavy atom. The van der Waals surface area contributed by atoms with E-state index < -0.39 is 0 Å². The Morgan fingerprint density at radius 1 is 1.47 bits per heavy atom. The zero-order valence-corrected chi connectivity index (χ0v) is 11.1. The van der Waals surface area contributed by atoms with Crippen LogP contribution in [-0.4, -0.2) is 29.0 Å². The van der Waals surface area contributed by atoms with Crippen LogP contribution in [0.15, 0.2) is 30.3 Å². The minimum Gasteiger partial charge on any atom is -0.393 e. The lowest BCUT2D eigenvalue weighted by Gasteiger charge is -2.26. The number of likely N-dealkylation sites (tertiary alicyclic amines) is 1. The zero-order chi connectivity index (χ0) is 12.3. The van der Waals surface area contributed by atoms with Crippen molar-refractivity contribution < 1.29 is 0 Å². The summed E-state index contributed by atoms with van der Waals surface area (Å²) >= 11 is 5.22. The molecule has 0 spiro atoms. The van der Waals surface area contributed by atoms with E-state index in [0.29, 0.717) is 11.0 Å². The van der Waals surface area contributed by atoms with E-state index >= 15 is 0 Å². The van der Waals surface area contributed by atoms with Crippen molar-refractivity contribution in [3.8, 4) is 0 Å². The number of thiocarbonyl (C=S) groups is 1. The van der Waals surface area contributed by atoms with E-state index in [1.54, 1.807) is 0 Å². The van der Waals surface area contributed by atoms with Gasteiger partial charge in [0, 0.05) is 18.5 Å². The van der Waals surface area contributed by atoms with Crippen molar-refractivity contribution in [2.24, 2.45) is 5.73 Å². The van der Waals surface area contributed by atoms with E-state index in [0.717, 1.165) is 6.54 Å². The highest BCUT2D eigenvalue weighted by molar-refractivity contribution is 7.80. The van der Waals surface area contributed by atoms with Gasteiger partial charge in [-0.2, -0.15) is 0 Å². The van der Waals surface area contributed by atoms with Crippen molar-refractivity contribution >= 4 is 17.2 Å². The quantitative estimate of drug-likeness (QED) is 0.830. The third-order valence-corrected chi connectivity index (χ3v) is 3.94. The fourth-order valence-corrected chi connectivity index (χ4v) is 2.75. The number of nitrogens with two attached hydrogens (primary N) is 1. The summed E-state index contributed by atoms with van der Waals surface area (Å²) in [5, 5.41) is 0. The highest BCUT2D eigenvalue weighted by atomic mass is 32.1. The Morgan fingerprint density at radius 3 is 2.71 bits per heavy atom. The third kappa shape index (κ3) is 3.05. The van der Waals surface area contributed by atoms with E-state index in [2.05, 4.69) is 24.0 Å². The molecule has 2 nitrogen and oxygen atoms in total. The van der Waals surface area contributed by atoms with Gasteiger partial charge in [-0.15, -0.1) is 0 Å². The fourth-order valence-electron chi connectivity index (χ4n) is 2.54. The molecule has 2 atom stereocenters. The molecule has 0 amide bonds. The highest BCUT2D eigenvalue weighted by Crippen LogP contribution is 2.23. The van der Waals surface area contributed by atoms with Crippen LogP contribution in [0.5, 0.6) is 0 Å². The fraction of sp³-hybridized carbons (Fsp3) is 0.500. The number of hydrogen-bond acceptors (Lipinski definition) is 2. The van der Waals surface area contributed by atoms with Crippen LogP contribution in [0.4, 0.5) is 0 Å². The number of rotatable bonds is 4. The molecule has 0 saturated carbocycles. The van der Waals surface area contributed by atoms with Crippen molar-refractivity contribution in [3.05, 3.63) is 35.9 Å². The molecule has 1 aromatic rings. The molecule has 92 valence electrons. The van der Waals surface area contributed by atoms with E-state index in [9.17, 15) is 0 Å².